The Kier molecular flexibility index (Phi) is 4.52. The van der Waals surface area contributed by atoms with Crippen molar-refractivity contribution in [3.63, 3.8) is 0 Å². The van der Waals surface area contributed by atoms with Gasteiger partial charge in [-0.2, -0.15) is 13.2 Å². The summed E-state index contributed by atoms with van der Waals surface area (Å²) in [7, 11) is 0. The highest BCUT2D eigenvalue weighted by molar-refractivity contribution is 5.96. The molecule has 1 saturated heterocycles. The average molecular weight is 352 g/mol. The Balaban J connectivity index is 1.70. The van der Waals surface area contributed by atoms with Crippen LogP contribution in [-0.4, -0.2) is 47.8 Å². The summed E-state index contributed by atoms with van der Waals surface area (Å²) in [4.78, 5) is 27.5. The minimum atomic E-state index is -4.59. The first kappa shape index (κ1) is 17.1. The molecule has 0 unspecified atom stereocenters. The molecule has 1 aromatic heterocycles. The Bertz CT molecular complexity index is 764. The molecular weight excluding hydrogens is 337 g/mol. The number of hydrogen-bond acceptors (Lipinski definition) is 3. The molecule has 0 bridgehead atoms. The van der Waals surface area contributed by atoms with E-state index in [4.69, 9.17) is 4.42 Å². The van der Waals surface area contributed by atoms with Crippen LogP contribution in [0.5, 0.6) is 0 Å². The highest BCUT2D eigenvalue weighted by atomic mass is 19.4. The summed E-state index contributed by atoms with van der Waals surface area (Å²) >= 11 is 0. The molecular formula is C17H15F3N2O3. The van der Waals surface area contributed by atoms with E-state index >= 15 is 0 Å². The van der Waals surface area contributed by atoms with Gasteiger partial charge in [0.1, 0.15) is 0 Å². The second-order valence-electron chi connectivity index (χ2n) is 5.61. The van der Waals surface area contributed by atoms with E-state index in [0.29, 0.717) is 0 Å². The third-order valence-electron chi connectivity index (χ3n) is 4.05. The summed E-state index contributed by atoms with van der Waals surface area (Å²) in [5, 5.41) is 0. The van der Waals surface area contributed by atoms with Crippen molar-refractivity contribution >= 4 is 11.8 Å². The van der Waals surface area contributed by atoms with Crippen LogP contribution in [0.15, 0.2) is 47.1 Å². The molecule has 5 nitrogen and oxygen atoms in total. The second-order valence-corrected chi connectivity index (χ2v) is 5.61. The third-order valence-corrected chi connectivity index (χ3v) is 4.05. The van der Waals surface area contributed by atoms with E-state index in [1.54, 1.807) is 12.1 Å². The van der Waals surface area contributed by atoms with Crippen molar-refractivity contribution in [1.82, 2.24) is 9.80 Å². The summed E-state index contributed by atoms with van der Waals surface area (Å²) < 4.78 is 44.2. The van der Waals surface area contributed by atoms with Gasteiger partial charge in [0, 0.05) is 26.2 Å². The molecule has 0 spiro atoms. The molecule has 1 aliphatic heterocycles. The van der Waals surface area contributed by atoms with E-state index in [0.717, 1.165) is 6.07 Å². The number of halogens is 3. The van der Waals surface area contributed by atoms with Crippen molar-refractivity contribution in [2.24, 2.45) is 0 Å². The van der Waals surface area contributed by atoms with Gasteiger partial charge in [-0.05, 0) is 24.3 Å². The fourth-order valence-electron chi connectivity index (χ4n) is 2.76. The lowest BCUT2D eigenvalue weighted by Gasteiger charge is -2.34. The van der Waals surface area contributed by atoms with Gasteiger partial charge in [-0.1, -0.05) is 12.1 Å². The Hall–Kier alpha value is -2.77. The maximum atomic E-state index is 13.1. The average Bonchev–Trinajstić information content (AvgIpc) is 3.14. The smallest absolute Gasteiger partial charge is 0.417 e. The zero-order valence-electron chi connectivity index (χ0n) is 13.1. The lowest BCUT2D eigenvalue weighted by atomic mass is 10.1. The fourth-order valence-corrected chi connectivity index (χ4v) is 2.76. The molecule has 2 heterocycles. The Morgan fingerprint density at radius 1 is 0.880 bits per heavy atom. The first-order chi connectivity index (χ1) is 11.9. The van der Waals surface area contributed by atoms with Gasteiger partial charge in [0.25, 0.3) is 11.8 Å². The van der Waals surface area contributed by atoms with Crippen molar-refractivity contribution < 1.29 is 27.2 Å². The number of carbonyl (C=O) groups is 2. The largest absolute Gasteiger partial charge is 0.459 e. The van der Waals surface area contributed by atoms with Crippen LogP contribution in [0.3, 0.4) is 0 Å². The first-order valence-electron chi connectivity index (χ1n) is 7.66. The third kappa shape index (κ3) is 3.52. The van der Waals surface area contributed by atoms with E-state index in [1.807, 2.05) is 0 Å². The molecule has 0 N–H and O–H groups in total. The van der Waals surface area contributed by atoms with Gasteiger partial charge in [-0.15, -0.1) is 0 Å². The fraction of sp³-hybridized carbons (Fsp3) is 0.294. The van der Waals surface area contributed by atoms with E-state index in [1.165, 1.54) is 34.3 Å². The van der Waals surface area contributed by atoms with Crippen LogP contribution in [0, 0.1) is 0 Å². The lowest BCUT2D eigenvalue weighted by Crippen LogP contribution is -2.50. The molecule has 0 saturated carbocycles. The quantitative estimate of drug-likeness (QED) is 0.835. The van der Waals surface area contributed by atoms with Gasteiger partial charge in [0.05, 0.1) is 17.4 Å². The molecule has 25 heavy (non-hydrogen) atoms. The minimum Gasteiger partial charge on any atom is -0.459 e. The number of hydrogen-bond donors (Lipinski definition) is 0. The van der Waals surface area contributed by atoms with Crippen LogP contribution < -0.4 is 0 Å². The molecule has 3 rings (SSSR count). The van der Waals surface area contributed by atoms with Crippen LogP contribution >= 0.6 is 0 Å². The SMILES string of the molecule is O=C(c1ccco1)N1CCN(C(=O)c2ccccc2C(F)(F)F)CC1. The lowest BCUT2D eigenvalue weighted by molar-refractivity contribution is -0.138. The summed E-state index contributed by atoms with van der Waals surface area (Å²) in [5.74, 6) is -0.784. The summed E-state index contributed by atoms with van der Waals surface area (Å²) in [5.41, 5.74) is -1.32. The predicted octanol–water partition coefficient (Wildman–Crippen LogP) is 2.90. The summed E-state index contributed by atoms with van der Waals surface area (Å²) in [6.45, 7) is 0.799. The van der Waals surface area contributed by atoms with Crippen molar-refractivity contribution in [2.45, 2.75) is 6.18 Å². The van der Waals surface area contributed by atoms with Gasteiger partial charge in [0.15, 0.2) is 5.76 Å². The van der Waals surface area contributed by atoms with Crippen LogP contribution in [0.4, 0.5) is 13.2 Å². The molecule has 1 aliphatic rings. The zero-order chi connectivity index (χ0) is 18.0. The topological polar surface area (TPSA) is 53.8 Å². The van der Waals surface area contributed by atoms with Crippen LogP contribution in [0.2, 0.25) is 0 Å². The molecule has 8 heteroatoms. The minimum absolute atomic E-state index is 0.164. The van der Waals surface area contributed by atoms with Crippen LogP contribution in [0.1, 0.15) is 26.5 Å². The Labute approximate surface area is 141 Å². The standard InChI is InChI=1S/C17H15F3N2O3/c18-17(19,20)13-5-2-1-4-12(13)15(23)21-7-9-22(10-8-21)16(24)14-6-3-11-25-14/h1-6,11H,7-10H2. The van der Waals surface area contributed by atoms with E-state index < -0.39 is 17.6 Å². The number of furan rings is 1. The maximum Gasteiger partial charge on any atom is 0.417 e. The van der Waals surface area contributed by atoms with E-state index in [-0.39, 0.29) is 43.4 Å². The Morgan fingerprint density at radius 3 is 2.04 bits per heavy atom. The van der Waals surface area contributed by atoms with Crippen LogP contribution in [0.25, 0.3) is 0 Å². The molecule has 0 aliphatic carbocycles. The normalized spacial score (nSPS) is 15.3. The number of rotatable bonds is 2. The molecule has 132 valence electrons. The van der Waals surface area contributed by atoms with Crippen molar-refractivity contribution in [3.8, 4) is 0 Å². The van der Waals surface area contributed by atoms with Gasteiger partial charge >= 0.3 is 6.18 Å². The van der Waals surface area contributed by atoms with E-state index in [2.05, 4.69) is 0 Å². The number of benzene rings is 1. The molecule has 2 amide bonds. The second kappa shape index (κ2) is 6.62. The number of carbonyl (C=O) groups excluding carboxylic acids is 2. The van der Waals surface area contributed by atoms with Crippen molar-refractivity contribution in [1.29, 1.82) is 0 Å². The maximum absolute atomic E-state index is 13.1. The molecule has 0 radical (unpaired) electrons. The van der Waals surface area contributed by atoms with Crippen LogP contribution in [-0.2, 0) is 6.18 Å². The zero-order valence-corrected chi connectivity index (χ0v) is 13.1. The summed E-state index contributed by atoms with van der Waals surface area (Å²) in [6.07, 6.45) is -3.20. The molecule has 0 atom stereocenters. The number of amides is 2. The molecule has 2 aromatic rings. The number of nitrogens with zero attached hydrogens (tertiary/aromatic N) is 2. The van der Waals surface area contributed by atoms with Gasteiger partial charge in [-0.25, -0.2) is 0 Å². The highest BCUT2D eigenvalue weighted by Gasteiger charge is 2.36. The summed E-state index contributed by atoms with van der Waals surface area (Å²) in [6, 6.07) is 7.86. The van der Waals surface area contributed by atoms with Gasteiger partial charge < -0.3 is 14.2 Å². The predicted molar refractivity (Wildman–Crippen MR) is 82.0 cm³/mol. The highest BCUT2D eigenvalue weighted by Crippen LogP contribution is 2.32. The van der Waals surface area contributed by atoms with Crippen molar-refractivity contribution in [2.75, 3.05) is 26.2 Å². The number of alkyl halides is 3. The monoisotopic (exact) mass is 352 g/mol. The molecule has 1 aromatic carbocycles. The van der Waals surface area contributed by atoms with Crippen molar-refractivity contribution in [3.05, 3.63) is 59.5 Å². The molecule has 1 fully saturated rings. The van der Waals surface area contributed by atoms with Gasteiger partial charge in [0.2, 0.25) is 0 Å². The van der Waals surface area contributed by atoms with Gasteiger partial charge in [-0.3, -0.25) is 9.59 Å². The van der Waals surface area contributed by atoms with E-state index in [9.17, 15) is 22.8 Å². The first-order valence-corrected chi connectivity index (χ1v) is 7.66. The Morgan fingerprint density at radius 2 is 1.48 bits per heavy atom. The number of piperazine rings is 1.